The Morgan fingerprint density at radius 2 is 2.18 bits per heavy atom. The van der Waals surface area contributed by atoms with Crippen molar-refractivity contribution in [2.45, 2.75) is 6.42 Å². The normalized spacial score (nSPS) is 19.8. The second-order valence-electron chi connectivity index (χ2n) is 4.43. The van der Waals surface area contributed by atoms with Crippen molar-refractivity contribution in [3.8, 4) is 0 Å². The number of carbonyl (C=O) groups is 1. The number of rotatable bonds is 3. The largest absolute Gasteiger partial charge is 0.345 e. The van der Waals surface area contributed by atoms with E-state index in [4.69, 9.17) is 11.6 Å². The highest BCUT2D eigenvalue weighted by molar-refractivity contribution is 6.30. The quantitative estimate of drug-likeness (QED) is 0.809. The average Bonchev–Trinajstić information content (AvgIpc) is 2.58. The zero-order chi connectivity index (χ0) is 12.4. The minimum atomic E-state index is 0.209. The highest BCUT2D eigenvalue weighted by Gasteiger charge is 2.27. The molecule has 2 heterocycles. The highest BCUT2D eigenvalue weighted by atomic mass is 35.5. The molecule has 0 aromatic carbocycles. The summed E-state index contributed by atoms with van der Waals surface area (Å²) in [5.41, 5.74) is 0. The van der Waals surface area contributed by atoms with Gasteiger partial charge in [-0.25, -0.2) is 9.97 Å². The molecule has 1 atom stereocenters. The van der Waals surface area contributed by atoms with E-state index in [1.54, 1.807) is 17.3 Å². The first kappa shape index (κ1) is 12.1. The van der Waals surface area contributed by atoms with Crippen LogP contribution < -0.4 is 4.90 Å². The van der Waals surface area contributed by atoms with Crippen molar-refractivity contribution in [1.82, 2.24) is 14.9 Å². The number of carbonyl (C=O) groups excluding carboxylic acids is 1. The summed E-state index contributed by atoms with van der Waals surface area (Å²) in [6, 6.07) is 0. The van der Waals surface area contributed by atoms with Gasteiger partial charge in [-0.2, -0.15) is 0 Å². The fourth-order valence-corrected chi connectivity index (χ4v) is 2.15. The summed E-state index contributed by atoms with van der Waals surface area (Å²) in [5.74, 6) is 1.19. The highest BCUT2D eigenvalue weighted by Crippen LogP contribution is 2.18. The summed E-state index contributed by atoms with van der Waals surface area (Å²) in [6.45, 7) is 1.58. The van der Waals surface area contributed by atoms with E-state index >= 15 is 0 Å². The van der Waals surface area contributed by atoms with Crippen molar-refractivity contribution in [3.05, 3.63) is 17.4 Å². The predicted octanol–water partition coefficient (Wildman–Crippen LogP) is 1.04. The van der Waals surface area contributed by atoms with Crippen LogP contribution in [0, 0.1) is 5.92 Å². The van der Waals surface area contributed by atoms with Gasteiger partial charge in [0.25, 0.3) is 0 Å². The number of aromatic nitrogens is 2. The summed E-state index contributed by atoms with van der Waals surface area (Å²) in [5, 5.41) is 0.526. The van der Waals surface area contributed by atoms with Crippen LogP contribution in [0.3, 0.4) is 0 Å². The molecule has 0 aliphatic carbocycles. The first-order valence-electron chi connectivity index (χ1n) is 5.49. The molecular weight excluding hydrogens is 240 g/mol. The van der Waals surface area contributed by atoms with Gasteiger partial charge in [-0.1, -0.05) is 11.6 Å². The van der Waals surface area contributed by atoms with Gasteiger partial charge in [-0.05, 0) is 0 Å². The Balaban J connectivity index is 1.95. The SMILES string of the molecule is CN1C[C@H](CN(C)c2ncc(Cl)cn2)CC1=O. The van der Waals surface area contributed by atoms with Gasteiger partial charge in [0.05, 0.1) is 17.4 Å². The summed E-state index contributed by atoms with van der Waals surface area (Å²) < 4.78 is 0. The number of halogens is 1. The van der Waals surface area contributed by atoms with Crippen LogP contribution in [0.15, 0.2) is 12.4 Å². The van der Waals surface area contributed by atoms with Crippen molar-refractivity contribution in [1.29, 1.82) is 0 Å². The molecule has 1 aromatic heterocycles. The standard InChI is InChI=1S/C11H15ClN4O/c1-15-6-8(3-10(15)17)7-16(2)11-13-4-9(12)5-14-11/h4-5,8H,3,6-7H2,1-2H3/t8-/m1/s1. The Morgan fingerprint density at radius 1 is 1.53 bits per heavy atom. The van der Waals surface area contributed by atoms with Gasteiger partial charge >= 0.3 is 0 Å². The first-order chi connectivity index (χ1) is 8.06. The molecule has 1 amide bonds. The van der Waals surface area contributed by atoms with Gasteiger partial charge in [0, 0.05) is 39.5 Å². The van der Waals surface area contributed by atoms with Gasteiger partial charge in [0.2, 0.25) is 11.9 Å². The second-order valence-corrected chi connectivity index (χ2v) is 4.86. The average molecular weight is 255 g/mol. The number of nitrogens with zero attached hydrogens (tertiary/aromatic N) is 4. The van der Waals surface area contributed by atoms with Crippen LogP contribution in [0.2, 0.25) is 5.02 Å². The van der Waals surface area contributed by atoms with Crippen LogP contribution in [-0.2, 0) is 4.79 Å². The number of anilines is 1. The van der Waals surface area contributed by atoms with Crippen LogP contribution in [0.25, 0.3) is 0 Å². The number of likely N-dealkylation sites (tertiary alicyclic amines) is 1. The van der Waals surface area contributed by atoms with Crippen LogP contribution in [-0.4, -0.2) is 48.0 Å². The van der Waals surface area contributed by atoms with Crippen LogP contribution in [0.1, 0.15) is 6.42 Å². The summed E-state index contributed by atoms with van der Waals surface area (Å²) >= 11 is 5.73. The van der Waals surface area contributed by atoms with Gasteiger partial charge < -0.3 is 9.80 Å². The molecule has 17 heavy (non-hydrogen) atoms. The Bertz CT molecular complexity index is 408. The zero-order valence-electron chi connectivity index (χ0n) is 9.93. The molecule has 0 unspecified atom stereocenters. The maximum Gasteiger partial charge on any atom is 0.225 e. The fourth-order valence-electron chi connectivity index (χ4n) is 2.05. The smallest absolute Gasteiger partial charge is 0.225 e. The third kappa shape index (κ3) is 2.85. The third-order valence-electron chi connectivity index (χ3n) is 2.90. The van der Waals surface area contributed by atoms with Crippen molar-refractivity contribution in [3.63, 3.8) is 0 Å². The molecule has 0 saturated carbocycles. The molecule has 0 spiro atoms. The molecule has 1 aliphatic heterocycles. The molecule has 1 fully saturated rings. The summed E-state index contributed by atoms with van der Waals surface area (Å²) in [4.78, 5) is 23.4. The van der Waals surface area contributed by atoms with Crippen molar-refractivity contribution >= 4 is 23.5 Å². The topological polar surface area (TPSA) is 49.3 Å². The maximum absolute atomic E-state index is 11.4. The van der Waals surface area contributed by atoms with Crippen molar-refractivity contribution < 1.29 is 4.79 Å². The van der Waals surface area contributed by atoms with E-state index < -0.39 is 0 Å². The molecular formula is C11H15ClN4O. The minimum absolute atomic E-state index is 0.209. The number of amides is 1. The maximum atomic E-state index is 11.4. The van der Waals surface area contributed by atoms with Gasteiger partial charge in [-0.3, -0.25) is 4.79 Å². The van der Waals surface area contributed by atoms with Crippen molar-refractivity contribution in [2.75, 3.05) is 32.1 Å². The van der Waals surface area contributed by atoms with Crippen LogP contribution in [0.5, 0.6) is 0 Å². The molecule has 0 bridgehead atoms. The fraction of sp³-hybridized carbons (Fsp3) is 0.545. The van der Waals surface area contributed by atoms with E-state index in [1.807, 2.05) is 19.0 Å². The molecule has 92 valence electrons. The predicted molar refractivity (Wildman–Crippen MR) is 66.1 cm³/mol. The molecule has 0 N–H and O–H groups in total. The van der Waals surface area contributed by atoms with E-state index in [2.05, 4.69) is 9.97 Å². The minimum Gasteiger partial charge on any atom is -0.345 e. The Kier molecular flexibility index (Phi) is 3.47. The lowest BCUT2D eigenvalue weighted by Gasteiger charge is -2.20. The lowest BCUT2D eigenvalue weighted by molar-refractivity contribution is -0.126. The Morgan fingerprint density at radius 3 is 2.71 bits per heavy atom. The molecule has 6 heteroatoms. The number of hydrogen-bond donors (Lipinski definition) is 0. The molecule has 1 aliphatic rings. The van der Waals surface area contributed by atoms with Gasteiger partial charge in [0.15, 0.2) is 0 Å². The Hall–Kier alpha value is -1.36. The Labute approximate surface area is 105 Å². The lowest BCUT2D eigenvalue weighted by Crippen LogP contribution is -2.28. The monoisotopic (exact) mass is 254 g/mol. The first-order valence-corrected chi connectivity index (χ1v) is 5.86. The molecule has 5 nitrogen and oxygen atoms in total. The second kappa shape index (κ2) is 4.87. The van der Waals surface area contributed by atoms with Crippen molar-refractivity contribution in [2.24, 2.45) is 5.92 Å². The van der Waals surface area contributed by atoms with E-state index in [-0.39, 0.29) is 5.91 Å². The van der Waals surface area contributed by atoms with Gasteiger partial charge in [0.1, 0.15) is 0 Å². The lowest BCUT2D eigenvalue weighted by atomic mass is 10.1. The summed E-state index contributed by atoms with van der Waals surface area (Å²) in [7, 11) is 3.76. The zero-order valence-corrected chi connectivity index (χ0v) is 10.7. The van der Waals surface area contributed by atoms with Crippen LogP contribution in [0.4, 0.5) is 5.95 Å². The van der Waals surface area contributed by atoms with E-state index in [1.165, 1.54) is 0 Å². The third-order valence-corrected chi connectivity index (χ3v) is 3.10. The number of hydrogen-bond acceptors (Lipinski definition) is 4. The van der Waals surface area contributed by atoms with E-state index in [0.29, 0.717) is 23.3 Å². The molecule has 1 aromatic rings. The summed E-state index contributed by atoms with van der Waals surface area (Å²) in [6.07, 6.45) is 3.76. The molecule has 1 saturated heterocycles. The van der Waals surface area contributed by atoms with Gasteiger partial charge in [-0.15, -0.1) is 0 Å². The molecule has 2 rings (SSSR count). The van der Waals surface area contributed by atoms with E-state index in [9.17, 15) is 4.79 Å². The van der Waals surface area contributed by atoms with E-state index in [0.717, 1.165) is 13.1 Å². The molecule has 0 radical (unpaired) electrons. The van der Waals surface area contributed by atoms with Crippen LogP contribution >= 0.6 is 11.6 Å².